The van der Waals surface area contributed by atoms with Crippen LogP contribution in [0.5, 0.6) is 0 Å². The van der Waals surface area contributed by atoms with Crippen molar-refractivity contribution in [1.82, 2.24) is 0 Å². The minimum absolute atomic E-state index is 0.0191. The second-order valence-electron chi connectivity index (χ2n) is 5.01. The first-order valence-corrected chi connectivity index (χ1v) is 6.28. The molecule has 17 heavy (non-hydrogen) atoms. The molecule has 1 saturated heterocycles. The summed E-state index contributed by atoms with van der Waals surface area (Å²) in [5.41, 5.74) is 0. The highest BCUT2D eigenvalue weighted by Gasteiger charge is 2.55. The Morgan fingerprint density at radius 3 is 2.88 bits per heavy atom. The molecular formula is C13H20NO3+. The summed E-state index contributed by atoms with van der Waals surface area (Å²) in [5, 5.41) is 0. The van der Waals surface area contributed by atoms with Gasteiger partial charge in [0.2, 0.25) is 0 Å². The fraction of sp³-hybridized carbons (Fsp3) is 0.692. The van der Waals surface area contributed by atoms with Crippen molar-refractivity contribution in [2.24, 2.45) is 11.8 Å². The van der Waals surface area contributed by atoms with Gasteiger partial charge < -0.3 is 9.64 Å². The number of hydrogen-bond acceptors (Lipinski definition) is 3. The number of ketones is 1. The van der Waals surface area contributed by atoms with Crippen LogP contribution in [-0.4, -0.2) is 37.5 Å². The molecule has 0 saturated carbocycles. The molecule has 4 nitrogen and oxygen atoms in total. The van der Waals surface area contributed by atoms with E-state index in [9.17, 15) is 9.59 Å². The molecule has 1 aliphatic heterocycles. The number of fused-ring (bicyclic) bond motifs is 1. The van der Waals surface area contributed by atoms with E-state index in [0.29, 0.717) is 6.61 Å². The number of allylic oxidation sites excluding steroid dienone is 1. The Hall–Kier alpha value is -1.16. The summed E-state index contributed by atoms with van der Waals surface area (Å²) in [5.74, 6) is 0.0468. The third-order valence-corrected chi connectivity index (χ3v) is 4.14. The molecule has 5 atom stereocenters. The zero-order chi connectivity index (χ0) is 12.6. The molecule has 0 aromatic rings. The maximum Gasteiger partial charge on any atom is 0.365 e. The molecule has 1 fully saturated rings. The number of ether oxygens (including phenoxy) is 1. The van der Waals surface area contributed by atoms with Crippen molar-refractivity contribution in [3.05, 3.63) is 12.2 Å². The number of esters is 1. The van der Waals surface area contributed by atoms with Crippen LogP contribution in [0.3, 0.4) is 0 Å². The van der Waals surface area contributed by atoms with Crippen LogP contribution in [0, 0.1) is 11.8 Å². The van der Waals surface area contributed by atoms with E-state index in [0.717, 1.165) is 11.3 Å². The van der Waals surface area contributed by atoms with Crippen LogP contribution in [-0.2, 0) is 14.3 Å². The summed E-state index contributed by atoms with van der Waals surface area (Å²) < 4.78 is 5.12. The van der Waals surface area contributed by atoms with Crippen molar-refractivity contribution in [2.75, 3.05) is 13.7 Å². The molecule has 0 aromatic heterocycles. The molecule has 0 aromatic carbocycles. The largest absolute Gasteiger partial charge is 0.462 e. The molecule has 1 unspecified atom stereocenters. The van der Waals surface area contributed by atoms with Gasteiger partial charge >= 0.3 is 5.97 Å². The Labute approximate surface area is 102 Å². The lowest BCUT2D eigenvalue weighted by atomic mass is 9.81. The predicted octanol–water partition coefficient (Wildman–Crippen LogP) is -0.404. The lowest BCUT2D eigenvalue weighted by Gasteiger charge is -2.23. The van der Waals surface area contributed by atoms with E-state index in [1.54, 1.807) is 6.08 Å². The first-order chi connectivity index (χ1) is 8.07. The Bertz CT molecular complexity index is 364. The maximum absolute atomic E-state index is 11.9. The number of carbonyl (C=O) groups is 2. The van der Waals surface area contributed by atoms with Crippen molar-refractivity contribution in [3.8, 4) is 0 Å². The molecule has 2 rings (SSSR count). The highest BCUT2D eigenvalue weighted by molar-refractivity contribution is 5.94. The zero-order valence-corrected chi connectivity index (χ0v) is 10.6. The summed E-state index contributed by atoms with van der Waals surface area (Å²) in [6.45, 7) is 4.20. The normalized spacial score (nSPS) is 40.2. The first kappa shape index (κ1) is 12.3. The lowest BCUT2D eigenvalue weighted by Crippen LogP contribution is -3.16. The average Bonchev–Trinajstić information content (AvgIpc) is 2.53. The fourth-order valence-corrected chi connectivity index (χ4v) is 3.37. The van der Waals surface area contributed by atoms with E-state index in [1.807, 2.05) is 27.0 Å². The zero-order valence-electron chi connectivity index (χ0n) is 10.6. The lowest BCUT2D eigenvalue weighted by molar-refractivity contribution is -0.910. The maximum atomic E-state index is 11.9. The molecule has 0 bridgehead atoms. The monoisotopic (exact) mass is 238 g/mol. The third-order valence-electron chi connectivity index (χ3n) is 4.14. The van der Waals surface area contributed by atoms with Gasteiger partial charge in [-0.3, -0.25) is 4.79 Å². The molecule has 1 heterocycles. The number of likely N-dealkylation sites (N-methyl/N-ethyl adjacent to an activating group) is 1. The fourth-order valence-electron chi connectivity index (χ4n) is 3.37. The van der Waals surface area contributed by atoms with Crippen LogP contribution in [0.4, 0.5) is 0 Å². The Morgan fingerprint density at radius 1 is 1.59 bits per heavy atom. The van der Waals surface area contributed by atoms with Gasteiger partial charge in [-0.05, 0) is 13.0 Å². The van der Waals surface area contributed by atoms with E-state index in [2.05, 4.69) is 0 Å². The molecule has 0 radical (unpaired) electrons. The second-order valence-corrected chi connectivity index (χ2v) is 5.01. The van der Waals surface area contributed by atoms with Crippen molar-refractivity contribution >= 4 is 11.8 Å². The van der Waals surface area contributed by atoms with Crippen molar-refractivity contribution in [3.63, 3.8) is 0 Å². The van der Waals surface area contributed by atoms with Crippen LogP contribution >= 0.6 is 0 Å². The smallest absolute Gasteiger partial charge is 0.365 e. The highest BCUT2D eigenvalue weighted by Crippen LogP contribution is 2.29. The van der Waals surface area contributed by atoms with E-state index in [4.69, 9.17) is 4.74 Å². The van der Waals surface area contributed by atoms with Gasteiger partial charge in [0.15, 0.2) is 11.8 Å². The molecule has 0 amide bonds. The molecule has 0 spiro atoms. The Kier molecular flexibility index (Phi) is 3.33. The number of carbonyl (C=O) groups excluding carboxylic acids is 2. The van der Waals surface area contributed by atoms with E-state index < -0.39 is 0 Å². The van der Waals surface area contributed by atoms with Gasteiger partial charge in [-0.1, -0.05) is 13.0 Å². The number of quaternary nitrogens is 1. The van der Waals surface area contributed by atoms with E-state index >= 15 is 0 Å². The summed E-state index contributed by atoms with van der Waals surface area (Å²) >= 11 is 0. The van der Waals surface area contributed by atoms with Gasteiger partial charge in [0, 0.05) is 12.3 Å². The topological polar surface area (TPSA) is 47.8 Å². The number of rotatable bonds is 2. The van der Waals surface area contributed by atoms with Crippen molar-refractivity contribution in [2.45, 2.75) is 32.4 Å². The molecule has 4 heteroatoms. The number of nitrogens with one attached hydrogen (secondary N) is 1. The molecule has 2 aliphatic rings. The number of hydrogen-bond donors (Lipinski definition) is 1. The summed E-state index contributed by atoms with van der Waals surface area (Å²) in [6, 6.07) is 0.0331. The summed E-state index contributed by atoms with van der Waals surface area (Å²) in [4.78, 5) is 25.0. The minimum atomic E-state index is -0.200. The van der Waals surface area contributed by atoms with Crippen LogP contribution in [0.25, 0.3) is 0 Å². The Balaban J connectivity index is 2.22. The van der Waals surface area contributed by atoms with Crippen LogP contribution in [0.15, 0.2) is 12.2 Å². The summed E-state index contributed by atoms with van der Waals surface area (Å²) in [7, 11) is 2.00. The molecule has 1 aliphatic carbocycles. The van der Waals surface area contributed by atoms with Gasteiger partial charge in [0.05, 0.1) is 19.6 Å². The van der Waals surface area contributed by atoms with Crippen LogP contribution < -0.4 is 4.90 Å². The van der Waals surface area contributed by atoms with Gasteiger partial charge in [0.25, 0.3) is 0 Å². The van der Waals surface area contributed by atoms with Gasteiger partial charge in [-0.2, -0.15) is 0 Å². The van der Waals surface area contributed by atoms with Crippen molar-refractivity contribution < 1.29 is 19.2 Å². The number of likely N-dealkylation sites (tertiary alicyclic amines) is 1. The van der Waals surface area contributed by atoms with Gasteiger partial charge in [-0.15, -0.1) is 0 Å². The molecular weight excluding hydrogens is 218 g/mol. The third kappa shape index (κ3) is 1.90. The van der Waals surface area contributed by atoms with Crippen LogP contribution in [0.2, 0.25) is 0 Å². The molecule has 94 valence electrons. The quantitative estimate of drug-likeness (QED) is 0.666. The SMILES string of the molecule is CCOC(=O)[C@@H]1[C@H](C)[C@H]2C(=O)C=CC[C@@H]2[NH+]1C. The van der Waals surface area contributed by atoms with Gasteiger partial charge in [0.1, 0.15) is 6.04 Å². The van der Waals surface area contributed by atoms with Crippen molar-refractivity contribution in [1.29, 1.82) is 0 Å². The molecule has 1 N–H and O–H groups in total. The van der Waals surface area contributed by atoms with E-state index in [-0.39, 0.29) is 35.7 Å². The van der Waals surface area contributed by atoms with Crippen LogP contribution in [0.1, 0.15) is 20.3 Å². The minimum Gasteiger partial charge on any atom is -0.462 e. The second kappa shape index (κ2) is 4.61. The first-order valence-electron chi connectivity index (χ1n) is 6.28. The Morgan fingerprint density at radius 2 is 2.29 bits per heavy atom. The van der Waals surface area contributed by atoms with E-state index in [1.165, 1.54) is 0 Å². The van der Waals surface area contributed by atoms with Gasteiger partial charge in [-0.25, -0.2) is 4.79 Å². The predicted molar refractivity (Wildman–Crippen MR) is 62.5 cm³/mol. The highest BCUT2D eigenvalue weighted by atomic mass is 16.5. The average molecular weight is 238 g/mol. The standard InChI is InChI=1S/C13H19NO3/c1-4-17-13(16)12-8(2)11-9(14(12)3)6-5-7-10(11)15/h5,7-9,11-12H,4,6H2,1-3H3/p+1/t8-,9+,11-,12+/m1/s1. The summed E-state index contributed by atoms with van der Waals surface area (Å²) in [6.07, 6.45) is 4.47.